The van der Waals surface area contributed by atoms with E-state index in [9.17, 15) is 9.90 Å². The summed E-state index contributed by atoms with van der Waals surface area (Å²) in [6.07, 6.45) is -0.554. The number of rotatable bonds is 7. The van der Waals surface area contributed by atoms with E-state index in [2.05, 4.69) is 4.98 Å². The van der Waals surface area contributed by atoms with Crippen LogP contribution < -0.4 is 4.74 Å². The second kappa shape index (κ2) is 8.08. The third kappa shape index (κ3) is 5.04. The van der Waals surface area contributed by atoms with Gasteiger partial charge in [-0.05, 0) is 45.0 Å². The summed E-state index contributed by atoms with van der Waals surface area (Å²) < 4.78 is 5.64. The van der Waals surface area contributed by atoms with Crippen LogP contribution in [0.4, 0.5) is 0 Å². The van der Waals surface area contributed by atoms with Gasteiger partial charge in [0.25, 0.3) is 5.91 Å². The van der Waals surface area contributed by atoms with Crippen molar-refractivity contribution in [2.75, 3.05) is 6.54 Å². The minimum Gasteiger partial charge on any atom is -0.487 e. The van der Waals surface area contributed by atoms with Crippen molar-refractivity contribution >= 4 is 17.2 Å². The second-order valence-electron chi connectivity index (χ2n) is 5.69. The lowest BCUT2D eigenvalue weighted by molar-refractivity contribution is 0.0579. The van der Waals surface area contributed by atoms with Crippen molar-refractivity contribution in [3.63, 3.8) is 0 Å². The smallest absolute Gasteiger partial charge is 0.254 e. The van der Waals surface area contributed by atoms with Crippen LogP contribution >= 0.6 is 11.3 Å². The zero-order chi connectivity index (χ0) is 16.8. The van der Waals surface area contributed by atoms with E-state index in [1.165, 1.54) is 11.3 Å². The van der Waals surface area contributed by atoms with E-state index in [0.29, 0.717) is 24.5 Å². The standard InChI is InChI=1S/C17H22N2O3S/c1-12(2)19(8-13(3)20)17(21)14-4-6-16(7-5-14)22-9-15-10-23-11-18-15/h4-7,10-13,20H,8-9H2,1-3H3. The molecule has 0 aliphatic rings. The molecule has 1 amide bonds. The number of aliphatic hydroxyl groups excluding tert-OH is 1. The van der Waals surface area contributed by atoms with E-state index in [4.69, 9.17) is 4.74 Å². The van der Waals surface area contributed by atoms with Crippen LogP contribution in [0.25, 0.3) is 0 Å². The normalized spacial score (nSPS) is 12.2. The minimum atomic E-state index is -0.554. The third-order valence-corrected chi connectivity index (χ3v) is 3.95. The molecule has 1 atom stereocenters. The van der Waals surface area contributed by atoms with Gasteiger partial charge in [-0.2, -0.15) is 0 Å². The first-order valence-corrected chi connectivity index (χ1v) is 8.50. The van der Waals surface area contributed by atoms with Gasteiger partial charge in [0.1, 0.15) is 12.4 Å². The van der Waals surface area contributed by atoms with Gasteiger partial charge >= 0.3 is 0 Å². The number of carbonyl (C=O) groups excluding carboxylic acids is 1. The SMILES string of the molecule is CC(O)CN(C(=O)c1ccc(OCc2cscn2)cc1)C(C)C. The first-order valence-electron chi connectivity index (χ1n) is 7.56. The van der Waals surface area contributed by atoms with Crippen LogP contribution in [-0.4, -0.2) is 39.6 Å². The van der Waals surface area contributed by atoms with E-state index >= 15 is 0 Å². The highest BCUT2D eigenvalue weighted by atomic mass is 32.1. The highest BCUT2D eigenvalue weighted by Crippen LogP contribution is 2.16. The summed E-state index contributed by atoms with van der Waals surface area (Å²) in [6, 6.07) is 7.07. The minimum absolute atomic E-state index is 0.0256. The van der Waals surface area contributed by atoms with Gasteiger partial charge in [-0.1, -0.05) is 0 Å². The summed E-state index contributed by atoms with van der Waals surface area (Å²) in [7, 11) is 0. The highest BCUT2D eigenvalue weighted by Gasteiger charge is 2.20. The number of aliphatic hydroxyl groups is 1. The number of nitrogens with zero attached hydrogens (tertiary/aromatic N) is 2. The number of benzene rings is 1. The monoisotopic (exact) mass is 334 g/mol. The number of thiazole rings is 1. The van der Waals surface area contributed by atoms with Crippen LogP contribution in [0.15, 0.2) is 35.2 Å². The third-order valence-electron chi connectivity index (χ3n) is 3.32. The molecule has 1 unspecified atom stereocenters. The van der Waals surface area contributed by atoms with Crippen molar-refractivity contribution in [2.45, 2.75) is 39.5 Å². The van der Waals surface area contributed by atoms with Crippen molar-refractivity contribution in [1.82, 2.24) is 9.88 Å². The lowest BCUT2D eigenvalue weighted by Crippen LogP contribution is -2.41. The van der Waals surface area contributed by atoms with E-state index in [1.54, 1.807) is 41.6 Å². The van der Waals surface area contributed by atoms with Gasteiger partial charge in [0.05, 0.1) is 17.3 Å². The molecule has 124 valence electrons. The highest BCUT2D eigenvalue weighted by molar-refractivity contribution is 7.07. The molecule has 0 bridgehead atoms. The molecule has 2 rings (SSSR count). The molecule has 0 fully saturated rings. The Morgan fingerprint density at radius 3 is 2.52 bits per heavy atom. The zero-order valence-corrected chi connectivity index (χ0v) is 14.4. The van der Waals surface area contributed by atoms with Gasteiger partial charge in [0.15, 0.2) is 0 Å². The Morgan fingerprint density at radius 1 is 1.30 bits per heavy atom. The molecule has 6 heteroatoms. The topological polar surface area (TPSA) is 62.7 Å². The summed E-state index contributed by atoms with van der Waals surface area (Å²) in [5, 5.41) is 11.5. The first-order chi connectivity index (χ1) is 11.0. The lowest BCUT2D eigenvalue weighted by atomic mass is 10.1. The molecule has 1 aromatic heterocycles. The van der Waals surface area contributed by atoms with Crippen molar-refractivity contribution in [3.05, 3.63) is 46.4 Å². The quantitative estimate of drug-likeness (QED) is 0.845. The average Bonchev–Trinajstić information content (AvgIpc) is 3.03. The molecule has 23 heavy (non-hydrogen) atoms. The summed E-state index contributed by atoms with van der Waals surface area (Å²) in [5.41, 5.74) is 3.24. The largest absolute Gasteiger partial charge is 0.487 e. The molecule has 5 nitrogen and oxygen atoms in total. The zero-order valence-electron chi connectivity index (χ0n) is 13.6. The fraction of sp³-hybridized carbons (Fsp3) is 0.412. The van der Waals surface area contributed by atoms with Crippen LogP contribution in [0.1, 0.15) is 36.8 Å². The van der Waals surface area contributed by atoms with Crippen LogP contribution in [0.3, 0.4) is 0 Å². The Morgan fingerprint density at radius 2 is 2.00 bits per heavy atom. The number of amides is 1. The number of carbonyl (C=O) groups is 1. The van der Waals surface area contributed by atoms with Crippen molar-refractivity contribution < 1.29 is 14.6 Å². The molecular weight excluding hydrogens is 312 g/mol. The molecule has 0 spiro atoms. The second-order valence-corrected chi connectivity index (χ2v) is 6.41. The Kier molecular flexibility index (Phi) is 6.12. The molecule has 2 aromatic rings. The molecule has 1 N–H and O–H groups in total. The maximum atomic E-state index is 12.5. The maximum Gasteiger partial charge on any atom is 0.254 e. The molecule has 0 radical (unpaired) electrons. The van der Waals surface area contributed by atoms with Gasteiger partial charge in [-0.25, -0.2) is 4.98 Å². The first kappa shape index (κ1) is 17.4. The van der Waals surface area contributed by atoms with Crippen LogP contribution in [0, 0.1) is 0 Å². The van der Waals surface area contributed by atoms with E-state index in [1.807, 2.05) is 19.2 Å². The fourth-order valence-corrected chi connectivity index (χ4v) is 2.68. The van der Waals surface area contributed by atoms with E-state index in [0.717, 1.165) is 5.69 Å². The molecule has 0 aliphatic heterocycles. The van der Waals surface area contributed by atoms with Gasteiger partial charge < -0.3 is 14.7 Å². The summed E-state index contributed by atoms with van der Waals surface area (Å²) >= 11 is 1.53. The molecule has 0 aliphatic carbocycles. The van der Waals surface area contributed by atoms with Crippen LogP contribution in [0.5, 0.6) is 5.75 Å². The molecule has 0 saturated heterocycles. The summed E-state index contributed by atoms with van der Waals surface area (Å²) in [5.74, 6) is 0.605. The molecular formula is C17H22N2O3S. The Balaban J connectivity index is 2.01. The Bertz CT molecular complexity index is 609. The Labute approximate surface area is 140 Å². The van der Waals surface area contributed by atoms with Gasteiger partial charge in [-0.15, -0.1) is 11.3 Å². The van der Waals surface area contributed by atoms with Crippen LogP contribution in [-0.2, 0) is 6.61 Å². The van der Waals surface area contributed by atoms with Crippen molar-refractivity contribution in [1.29, 1.82) is 0 Å². The summed E-state index contributed by atoms with van der Waals surface area (Å²) in [6.45, 7) is 6.28. The molecule has 0 saturated carbocycles. The number of hydrogen-bond donors (Lipinski definition) is 1. The van der Waals surface area contributed by atoms with Gasteiger partial charge in [0, 0.05) is 23.5 Å². The van der Waals surface area contributed by atoms with Gasteiger partial charge in [-0.3, -0.25) is 4.79 Å². The lowest BCUT2D eigenvalue weighted by Gasteiger charge is -2.28. The number of hydrogen-bond acceptors (Lipinski definition) is 5. The predicted molar refractivity (Wildman–Crippen MR) is 90.7 cm³/mol. The van der Waals surface area contributed by atoms with E-state index in [-0.39, 0.29) is 11.9 Å². The average molecular weight is 334 g/mol. The fourth-order valence-electron chi connectivity index (χ4n) is 2.14. The maximum absolute atomic E-state index is 12.5. The van der Waals surface area contributed by atoms with E-state index < -0.39 is 6.10 Å². The number of ether oxygens (including phenoxy) is 1. The molecule has 1 aromatic carbocycles. The predicted octanol–water partition coefficient (Wildman–Crippen LogP) is 2.95. The number of aromatic nitrogens is 1. The van der Waals surface area contributed by atoms with Gasteiger partial charge in [0.2, 0.25) is 0 Å². The molecule has 1 heterocycles. The van der Waals surface area contributed by atoms with Crippen molar-refractivity contribution in [2.24, 2.45) is 0 Å². The summed E-state index contributed by atoms with van der Waals surface area (Å²) in [4.78, 5) is 18.4. The Hall–Kier alpha value is -1.92. The van der Waals surface area contributed by atoms with Crippen LogP contribution in [0.2, 0.25) is 0 Å². The van der Waals surface area contributed by atoms with Crippen molar-refractivity contribution in [3.8, 4) is 5.75 Å².